The molecule has 0 aromatic heterocycles. The van der Waals surface area contributed by atoms with Gasteiger partial charge in [-0.05, 0) is 68.0 Å². The fourth-order valence-corrected chi connectivity index (χ4v) is 5.15. The molecule has 2 aromatic rings. The van der Waals surface area contributed by atoms with Gasteiger partial charge in [-0.15, -0.1) is 0 Å². The fourth-order valence-electron chi connectivity index (χ4n) is 5.15. The van der Waals surface area contributed by atoms with E-state index < -0.39 is 5.91 Å². The van der Waals surface area contributed by atoms with Gasteiger partial charge in [0.05, 0.1) is 7.11 Å². The standard InChI is InChI=1S/C25H32FN3O3/c1-16-17(2)23(32-15-25(27)30)10-8-20(16)22-6-4-5-19-14-28(11-12-29(19)22)18-7-9-21(26)24(13-18)31-3/h7-10,13,19,22H,4-6,11-12,14-15H2,1-3H3,(H2,27,30)/t19-,22+/m0/s1. The number of carbonyl (C=O) groups excluding carboxylic acids is 1. The predicted molar refractivity (Wildman–Crippen MR) is 123 cm³/mol. The minimum Gasteiger partial charge on any atom is -0.494 e. The van der Waals surface area contributed by atoms with Gasteiger partial charge in [-0.1, -0.05) is 6.07 Å². The lowest BCUT2D eigenvalue weighted by Gasteiger charge is -2.49. The van der Waals surface area contributed by atoms with E-state index >= 15 is 0 Å². The quantitative estimate of drug-likeness (QED) is 0.740. The summed E-state index contributed by atoms with van der Waals surface area (Å²) in [6.07, 6.45) is 3.45. The number of rotatable bonds is 6. The van der Waals surface area contributed by atoms with E-state index in [0.29, 0.717) is 17.8 Å². The Morgan fingerprint density at radius 2 is 1.94 bits per heavy atom. The smallest absolute Gasteiger partial charge is 0.255 e. The number of nitrogens with two attached hydrogens (primary N) is 1. The fraction of sp³-hybridized carbons (Fsp3) is 0.480. The van der Waals surface area contributed by atoms with Crippen molar-refractivity contribution in [1.29, 1.82) is 0 Å². The third kappa shape index (κ3) is 4.39. The number of amides is 1. The maximum atomic E-state index is 13.8. The Morgan fingerprint density at radius 3 is 2.69 bits per heavy atom. The summed E-state index contributed by atoms with van der Waals surface area (Å²) < 4.78 is 24.6. The molecule has 2 aliphatic heterocycles. The van der Waals surface area contributed by atoms with E-state index in [2.05, 4.69) is 22.8 Å². The van der Waals surface area contributed by atoms with Crippen molar-refractivity contribution in [3.63, 3.8) is 0 Å². The molecule has 2 N–H and O–H groups in total. The highest BCUT2D eigenvalue weighted by atomic mass is 19.1. The van der Waals surface area contributed by atoms with Crippen molar-refractivity contribution in [1.82, 2.24) is 4.90 Å². The second-order valence-electron chi connectivity index (χ2n) is 8.76. The number of anilines is 1. The number of carbonyl (C=O) groups is 1. The Balaban J connectivity index is 1.52. The van der Waals surface area contributed by atoms with Crippen LogP contribution < -0.4 is 20.1 Å². The van der Waals surface area contributed by atoms with Crippen LogP contribution in [0, 0.1) is 19.7 Å². The first kappa shape index (κ1) is 22.4. The molecule has 32 heavy (non-hydrogen) atoms. The molecule has 7 heteroatoms. The molecule has 0 aliphatic carbocycles. The van der Waals surface area contributed by atoms with Gasteiger partial charge < -0.3 is 20.1 Å². The Kier molecular flexibility index (Phi) is 6.55. The Labute approximate surface area is 189 Å². The Bertz CT molecular complexity index is 997. The number of hydrogen-bond acceptors (Lipinski definition) is 5. The highest BCUT2D eigenvalue weighted by Gasteiger charge is 2.36. The highest BCUT2D eigenvalue weighted by Crippen LogP contribution is 2.40. The van der Waals surface area contributed by atoms with E-state index in [0.717, 1.165) is 43.7 Å². The summed E-state index contributed by atoms with van der Waals surface area (Å²) >= 11 is 0. The number of nitrogens with zero attached hydrogens (tertiary/aromatic N) is 2. The number of hydrogen-bond donors (Lipinski definition) is 1. The van der Waals surface area contributed by atoms with Gasteiger partial charge >= 0.3 is 0 Å². The minimum absolute atomic E-state index is 0.110. The van der Waals surface area contributed by atoms with Crippen molar-refractivity contribution >= 4 is 11.6 Å². The van der Waals surface area contributed by atoms with Gasteiger partial charge in [0.2, 0.25) is 0 Å². The van der Waals surface area contributed by atoms with Crippen LogP contribution in [0.4, 0.5) is 10.1 Å². The van der Waals surface area contributed by atoms with E-state index in [1.54, 1.807) is 6.07 Å². The second kappa shape index (κ2) is 9.36. The largest absolute Gasteiger partial charge is 0.494 e. The summed E-state index contributed by atoms with van der Waals surface area (Å²) in [6.45, 7) is 6.82. The molecule has 172 valence electrons. The van der Waals surface area contributed by atoms with Gasteiger partial charge in [-0.2, -0.15) is 0 Å². The van der Waals surface area contributed by atoms with Crippen LogP contribution in [0.1, 0.15) is 42.0 Å². The van der Waals surface area contributed by atoms with Crippen molar-refractivity contribution in [2.45, 2.75) is 45.2 Å². The second-order valence-corrected chi connectivity index (χ2v) is 8.76. The Hall–Kier alpha value is -2.80. The van der Waals surface area contributed by atoms with Crippen LogP contribution in [0.3, 0.4) is 0 Å². The number of fused-ring (bicyclic) bond motifs is 1. The van der Waals surface area contributed by atoms with Crippen molar-refractivity contribution in [3.8, 4) is 11.5 Å². The molecular formula is C25H32FN3O3. The lowest BCUT2D eigenvalue weighted by molar-refractivity contribution is -0.119. The monoisotopic (exact) mass is 441 g/mol. The summed E-state index contributed by atoms with van der Waals surface area (Å²) in [4.78, 5) is 16.1. The molecule has 2 aliphatic rings. The third-order valence-corrected chi connectivity index (χ3v) is 6.95. The van der Waals surface area contributed by atoms with Crippen molar-refractivity contribution in [2.75, 3.05) is 38.3 Å². The lowest BCUT2D eigenvalue weighted by atomic mass is 9.86. The molecule has 2 fully saturated rings. The minimum atomic E-state index is -0.474. The molecule has 0 spiro atoms. The zero-order valence-corrected chi connectivity index (χ0v) is 19.1. The zero-order chi connectivity index (χ0) is 22.8. The molecule has 2 aromatic carbocycles. The van der Waals surface area contributed by atoms with Crippen LogP contribution in [0.25, 0.3) is 0 Å². The van der Waals surface area contributed by atoms with E-state index in [9.17, 15) is 9.18 Å². The zero-order valence-electron chi connectivity index (χ0n) is 19.1. The van der Waals surface area contributed by atoms with Crippen molar-refractivity contribution in [2.24, 2.45) is 5.73 Å². The number of ether oxygens (including phenoxy) is 2. The molecule has 4 rings (SSSR count). The maximum absolute atomic E-state index is 13.8. The van der Waals surface area contributed by atoms with Crippen LogP contribution in [-0.4, -0.2) is 50.2 Å². The SMILES string of the molecule is COc1cc(N2CCN3[C@@H](CCC[C@@H]3c3ccc(OCC(N)=O)c(C)c3C)C2)ccc1F. The molecular weight excluding hydrogens is 409 g/mol. The average Bonchev–Trinajstić information content (AvgIpc) is 2.79. The molecule has 0 unspecified atom stereocenters. The van der Waals surface area contributed by atoms with Crippen molar-refractivity contribution < 1.29 is 18.7 Å². The highest BCUT2D eigenvalue weighted by molar-refractivity contribution is 5.75. The summed E-state index contributed by atoms with van der Waals surface area (Å²) in [5.74, 6) is 0.197. The first-order chi connectivity index (χ1) is 15.4. The van der Waals surface area contributed by atoms with Gasteiger partial charge in [0.15, 0.2) is 18.2 Å². The number of benzene rings is 2. The van der Waals surface area contributed by atoms with Crippen LogP contribution >= 0.6 is 0 Å². The summed E-state index contributed by atoms with van der Waals surface area (Å²) in [5, 5.41) is 0. The summed E-state index contributed by atoms with van der Waals surface area (Å²) in [7, 11) is 1.50. The first-order valence-corrected chi connectivity index (χ1v) is 11.2. The number of piperazine rings is 1. The molecule has 6 nitrogen and oxygen atoms in total. The molecule has 0 radical (unpaired) electrons. The summed E-state index contributed by atoms with van der Waals surface area (Å²) in [6, 6.07) is 10.0. The molecule has 1 amide bonds. The predicted octanol–water partition coefficient (Wildman–Crippen LogP) is 3.73. The van der Waals surface area contributed by atoms with E-state index in [4.69, 9.17) is 15.2 Å². The van der Waals surface area contributed by atoms with Crippen LogP contribution in [-0.2, 0) is 4.79 Å². The van der Waals surface area contributed by atoms with Gasteiger partial charge in [-0.3, -0.25) is 9.69 Å². The van der Waals surface area contributed by atoms with Crippen molar-refractivity contribution in [3.05, 3.63) is 52.8 Å². The normalized spacial score (nSPS) is 21.2. The van der Waals surface area contributed by atoms with Gasteiger partial charge in [-0.25, -0.2) is 4.39 Å². The number of piperidine rings is 1. The van der Waals surface area contributed by atoms with E-state index in [1.807, 2.05) is 19.1 Å². The number of halogens is 1. The molecule has 0 bridgehead atoms. The molecule has 2 atom stereocenters. The van der Waals surface area contributed by atoms with Crippen LogP contribution in [0.5, 0.6) is 11.5 Å². The molecule has 2 saturated heterocycles. The lowest BCUT2D eigenvalue weighted by Crippen LogP contribution is -2.56. The van der Waals surface area contributed by atoms with Crippen LogP contribution in [0.2, 0.25) is 0 Å². The topological polar surface area (TPSA) is 68.0 Å². The van der Waals surface area contributed by atoms with E-state index in [-0.39, 0.29) is 18.2 Å². The first-order valence-electron chi connectivity index (χ1n) is 11.2. The third-order valence-electron chi connectivity index (χ3n) is 6.95. The molecule has 0 saturated carbocycles. The van der Waals surface area contributed by atoms with Crippen LogP contribution in [0.15, 0.2) is 30.3 Å². The Morgan fingerprint density at radius 1 is 1.12 bits per heavy atom. The van der Waals surface area contributed by atoms with E-state index in [1.165, 1.54) is 30.7 Å². The maximum Gasteiger partial charge on any atom is 0.255 e. The summed E-state index contributed by atoms with van der Waals surface area (Å²) in [5.41, 5.74) is 9.83. The number of methoxy groups -OCH3 is 1. The number of primary amides is 1. The molecule has 2 heterocycles. The average molecular weight is 442 g/mol. The van der Waals surface area contributed by atoms with Gasteiger partial charge in [0, 0.05) is 43.5 Å². The van der Waals surface area contributed by atoms with Gasteiger partial charge in [0.1, 0.15) is 5.75 Å². The van der Waals surface area contributed by atoms with Gasteiger partial charge in [0.25, 0.3) is 5.91 Å².